The van der Waals surface area contributed by atoms with Gasteiger partial charge in [0.1, 0.15) is 19.0 Å². The van der Waals surface area contributed by atoms with Crippen LogP contribution in [0.2, 0.25) is 0 Å². The lowest BCUT2D eigenvalue weighted by atomic mass is 10.3. The predicted octanol–water partition coefficient (Wildman–Crippen LogP) is 3.37. The van der Waals surface area contributed by atoms with Gasteiger partial charge >= 0.3 is 5.97 Å². The number of ether oxygens (including phenoxy) is 5. The zero-order valence-electron chi connectivity index (χ0n) is 15.8. The van der Waals surface area contributed by atoms with Crippen molar-refractivity contribution in [1.82, 2.24) is 0 Å². The standard InChI is InChI=1S/C20H22N2O7/c23-20(24)14-29-17-4-1-15(2-5-17)21-22-16-3-6-18-19(13-16)28-12-10-26-8-7-25-9-11-27-18/h1-6,13H,7-12,14H2,(H,23,24). The summed E-state index contributed by atoms with van der Waals surface area (Å²) in [6, 6.07) is 11.9. The second kappa shape index (κ2) is 11.0. The van der Waals surface area contributed by atoms with Gasteiger partial charge in [0.05, 0.1) is 37.8 Å². The minimum Gasteiger partial charge on any atom is -0.487 e. The second-order valence-electron chi connectivity index (χ2n) is 5.93. The summed E-state index contributed by atoms with van der Waals surface area (Å²) in [6.45, 7) is 2.37. The number of carboxylic acids is 1. The SMILES string of the molecule is O=C(O)COc1ccc(N=Nc2ccc3c(c2)OCCOCCOCCO3)cc1. The molecule has 3 rings (SSSR count). The molecule has 154 valence electrons. The van der Waals surface area contributed by atoms with E-state index in [2.05, 4.69) is 10.2 Å². The number of aliphatic carboxylic acids is 1. The first-order chi connectivity index (χ1) is 14.2. The topological polar surface area (TPSA) is 108 Å². The highest BCUT2D eigenvalue weighted by molar-refractivity contribution is 5.68. The van der Waals surface area contributed by atoms with Gasteiger partial charge in [-0.2, -0.15) is 10.2 Å². The van der Waals surface area contributed by atoms with E-state index in [0.717, 1.165) is 0 Å². The van der Waals surface area contributed by atoms with E-state index in [9.17, 15) is 4.79 Å². The first-order valence-electron chi connectivity index (χ1n) is 9.12. The van der Waals surface area contributed by atoms with Gasteiger partial charge in [-0.15, -0.1) is 0 Å². The van der Waals surface area contributed by atoms with Gasteiger partial charge in [0, 0.05) is 6.07 Å². The van der Waals surface area contributed by atoms with Crippen molar-refractivity contribution in [3.05, 3.63) is 42.5 Å². The Bertz CT molecular complexity index is 824. The zero-order valence-corrected chi connectivity index (χ0v) is 15.8. The molecule has 1 aliphatic rings. The fraction of sp³-hybridized carbons (Fsp3) is 0.350. The molecule has 2 aromatic rings. The molecule has 1 N–H and O–H groups in total. The second-order valence-corrected chi connectivity index (χ2v) is 5.93. The van der Waals surface area contributed by atoms with Crippen LogP contribution in [0.25, 0.3) is 0 Å². The van der Waals surface area contributed by atoms with E-state index >= 15 is 0 Å². The first-order valence-corrected chi connectivity index (χ1v) is 9.12. The van der Waals surface area contributed by atoms with Crippen LogP contribution in [0.4, 0.5) is 11.4 Å². The first kappa shape index (κ1) is 20.6. The smallest absolute Gasteiger partial charge is 0.341 e. The van der Waals surface area contributed by atoms with Gasteiger partial charge in [0.25, 0.3) is 0 Å². The quantitative estimate of drug-likeness (QED) is 0.764. The van der Waals surface area contributed by atoms with Crippen molar-refractivity contribution in [2.45, 2.75) is 0 Å². The Morgan fingerprint density at radius 3 is 2.10 bits per heavy atom. The number of rotatable bonds is 5. The van der Waals surface area contributed by atoms with E-state index in [1.807, 2.05) is 0 Å². The minimum absolute atomic E-state index is 0.384. The molecule has 0 aromatic heterocycles. The number of fused-ring (bicyclic) bond motifs is 1. The summed E-state index contributed by atoms with van der Waals surface area (Å²) in [5, 5.41) is 17.0. The maximum atomic E-state index is 10.5. The number of carbonyl (C=O) groups is 1. The normalized spacial score (nSPS) is 15.3. The van der Waals surface area contributed by atoms with Crippen molar-refractivity contribution < 1.29 is 33.6 Å². The summed E-state index contributed by atoms with van der Waals surface area (Å²) in [5.41, 5.74) is 1.20. The van der Waals surface area contributed by atoms with Crippen molar-refractivity contribution in [2.75, 3.05) is 46.2 Å². The molecule has 9 heteroatoms. The van der Waals surface area contributed by atoms with E-state index in [4.69, 9.17) is 28.8 Å². The largest absolute Gasteiger partial charge is 0.487 e. The van der Waals surface area contributed by atoms with E-state index in [0.29, 0.717) is 68.3 Å². The van der Waals surface area contributed by atoms with Crippen molar-refractivity contribution >= 4 is 17.3 Å². The van der Waals surface area contributed by atoms with Gasteiger partial charge in [-0.05, 0) is 36.4 Å². The molecular weight excluding hydrogens is 380 g/mol. The molecule has 0 bridgehead atoms. The van der Waals surface area contributed by atoms with Gasteiger partial charge in [-0.1, -0.05) is 0 Å². The number of nitrogens with zero attached hydrogens (tertiary/aromatic N) is 2. The van der Waals surface area contributed by atoms with Crippen LogP contribution in [-0.2, 0) is 14.3 Å². The van der Waals surface area contributed by atoms with Gasteiger partial charge in [0.15, 0.2) is 18.1 Å². The molecule has 0 saturated carbocycles. The summed E-state index contributed by atoms with van der Waals surface area (Å²) in [6.07, 6.45) is 0. The highest BCUT2D eigenvalue weighted by Gasteiger charge is 2.08. The minimum atomic E-state index is -1.03. The number of hydrogen-bond donors (Lipinski definition) is 1. The number of hydrogen-bond acceptors (Lipinski definition) is 8. The number of azo groups is 1. The van der Waals surface area contributed by atoms with Crippen LogP contribution >= 0.6 is 0 Å². The Hall–Kier alpha value is -3.17. The predicted molar refractivity (Wildman–Crippen MR) is 103 cm³/mol. The molecule has 0 atom stereocenters. The highest BCUT2D eigenvalue weighted by Crippen LogP contribution is 2.32. The molecule has 29 heavy (non-hydrogen) atoms. The third kappa shape index (κ3) is 7.05. The average Bonchev–Trinajstić information content (AvgIpc) is 2.72. The summed E-state index contributed by atoms with van der Waals surface area (Å²) in [4.78, 5) is 10.5. The van der Waals surface area contributed by atoms with Crippen LogP contribution in [0.1, 0.15) is 0 Å². The van der Waals surface area contributed by atoms with Crippen LogP contribution in [0.5, 0.6) is 17.2 Å². The Balaban J connectivity index is 1.65. The molecule has 2 aromatic carbocycles. The summed E-state index contributed by atoms with van der Waals surface area (Å²) in [5.74, 6) is 0.578. The molecular formula is C20H22N2O7. The molecule has 1 heterocycles. The van der Waals surface area contributed by atoms with Crippen LogP contribution < -0.4 is 14.2 Å². The molecule has 0 radical (unpaired) electrons. The van der Waals surface area contributed by atoms with Gasteiger partial charge in [-0.25, -0.2) is 4.79 Å². The lowest BCUT2D eigenvalue weighted by Gasteiger charge is -2.15. The maximum absolute atomic E-state index is 10.5. The zero-order chi connectivity index (χ0) is 20.3. The lowest BCUT2D eigenvalue weighted by Crippen LogP contribution is -2.15. The molecule has 0 unspecified atom stereocenters. The average molecular weight is 402 g/mol. The maximum Gasteiger partial charge on any atom is 0.341 e. The van der Waals surface area contributed by atoms with Crippen molar-refractivity contribution in [3.63, 3.8) is 0 Å². The van der Waals surface area contributed by atoms with Gasteiger partial charge < -0.3 is 28.8 Å². The van der Waals surface area contributed by atoms with Crippen molar-refractivity contribution in [1.29, 1.82) is 0 Å². The highest BCUT2D eigenvalue weighted by atomic mass is 16.6. The molecule has 0 fully saturated rings. The number of carboxylic acid groups (broad SMARTS) is 1. The lowest BCUT2D eigenvalue weighted by molar-refractivity contribution is -0.139. The van der Waals surface area contributed by atoms with E-state index in [-0.39, 0.29) is 0 Å². The molecule has 0 aliphatic carbocycles. The molecule has 9 nitrogen and oxygen atoms in total. The Morgan fingerprint density at radius 2 is 1.41 bits per heavy atom. The Morgan fingerprint density at radius 1 is 0.828 bits per heavy atom. The van der Waals surface area contributed by atoms with Crippen LogP contribution in [-0.4, -0.2) is 57.3 Å². The molecule has 0 amide bonds. The van der Waals surface area contributed by atoms with Crippen molar-refractivity contribution in [3.8, 4) is 17.2 Å². The third-order valence-corrected chi connectivity index (χ3v) is 3.75. The fourth-order valence-electron chi connectivity index (χ4n) is 2.40. The summed E-state index contributed by atoms with van der Waals surface area (Å²) < 4.78 is 27.4. The van der Waals surface area contributed by atoms with Gasteiger partial charge in [0.2, 0.25) is 0 Å². The van der Waals surface area contributed by atoms with E-state index in [1.165, 1.54) is 0 Å². The van der Waals surface area contributed by atoms with Gasteiger partial charge in [-0.3, -0.25) is 0 Å². The molecule has 0 saturated heterocycles. The summed E-state index contributed by atoms with van der Waals surface area (Å²) >= 11 is 0. The van der Waals surface area contributed by atoms with Crippen LogP contribution in [0.3, 0.4) is 0 Å². The van der Waals surface area contributed by atoms with Crippen LogP contribution in [0.15, 0.2) is 52.7 Å². The Kier molecular flexibility index (Phi) is 7.79. The number of benzene rings is 2. The summed E-state index contributed by atoms with van der Waals surface area (Å²) in [7, 11) is 0. The Labute approximate surface area is 167 Å². The molecule has 0 spiro atoms. The van der Waals surface area contributed by atoms with E-state index in [1.54, 1.807) is 42.5 Å². The fourth-order valence-corrected chi connectivity index (χ4v) is 2.40. The monoisotopic (exact) mass is 402 g/mol. The van der Waals surface area contributed by atoms with E-state index < -0.39 is 12.6 Å². The molecule has 1 aliphatic heterocycles. The van der Waals surface area contributed by atoms with Crippen LogP contribution in [0, 0.1) is 0 Å². The van der Waals surface area contributed by atoms with Crippen molar-refractivity contribution in [2.24, 2.45) is 10.2 Å². The third-order valence-electron chi connectivity index (χ3n) is 3.75.